The number of carbonyl (C=O) groups is 1. The molecule has 0 amide bonds. The summed E-state index contributed by atoms with van der Waals surface area (Å²) < 4.78 is 10.7. The number of hydrogen-bond donors (Lipinski definition) is 0. The number of rotatable bonds is 7. The standard InChI is InChI=1S/C12H19NO3S/c1-5-15-11(16-6-2)7-10(14)12-8(3)17-9(4)13-12/h11H,5-7H2,1-4H3. The van der Waals surface area contributed by atoms with E-state index < -0.39 is 6.29 Å². The second-order valence-corrected chi connectivity index (χ2v) is 5.01. The lowest BCUT2D eigenvalue weighted by Crippen LogP contribution is -2.22. The average molecular weight is 257 g/mol. The third-order valence-electron chi connectivity index (χ3n) is 2.22. The van der Waals surface area contributed by atoms with Crippen molar-refractivity contribution in [1.29, 1.82) is 0 Å². The molecule has 0 saturated carbocycles. The Balaban J connectivity index is 2.66. The van der Waals surface area contributed by atoms with Gasteiger partial charge in [0.05, 0.1) is 11.4 Å². The normalized spacial score (nSPS) is 11.1. The van der Waals surface area contributed by atoms with E-state index in [0.29, 0.717) is 18.9 Å². The van der Waals surface area contributed by atoms with E-state index in [1.165, 1.54) is 11.3 Å². The molecule has 1 aromatic rings. The van der Waals surface area contributed by atoms with Crippen LogP contribution in [-0.2, 0) is 9.47 Å². The van der Waals surface area contributed by atoms with Crippen molar-refractivity contribution in [2.45, 2.75) is 40.4 Å². The first-order valence-electron chi connectivity index (χ1n) is 5.78. The molecule has 0 bridgehead atoms. The summed E-state index contributed by atoms with van der Waals surface area (Å²) in [5, 5.41) is 0.912. The summed E-state index contributed by atoms with van der Waals surface area (Å²) >= 11 is 1.54. The van der Waals surface area contributed by atoms with Crippen LogP contribution in [-0.4, -0.2) is 30.3 Å². The second-order valence-electron chi connectivity index (χ2n) is 3.61. The zero-order valence-corrected chi connectivity index (χ0v) is 11.6. The van der Waals surface area contributed by atoms with E-state index in [9.17, 15) is 4.79 Å². The SMILES string of the molecule is CCOC(CC(=O)c1nc(C)sc1C)OCC. The number of aromatic nitrogens is 1. The molecule has 4 nitrogen and oxygen atoms in total. The monoisotopic (exact) mass is 257 g/mol. The Labute approximate surface area is 106 Å². The molecule has 5 heteroatoms. The molecule has 1 heterocycles. The Bertz CT molecular complexity index is 370. The second kappa shape index (κ2) is 6.83. The maximum atomic E-state index is 12.0. The van der Waals surface area contributed by atoms with Crippen LogP contribution in [0.1, 0.15) is 40.6 Å². The van der Waals surface area contributed by atoms with Gasteiger partial charge >= 0.3 is 0 Å². The number of ether oxygens (including phenoxy) is 2. The molecule has 17 heavy (non-hydrogen) atoms. The van der Waals surface area contributed by atoms with Crippen LogP contribution >= 0.6 is 11.3 Å². The van der Waals surface area contributed by atoms with Gasteiger partial charge in [-0.25, -0.2) is 4.98 Å². The molecule has 0 saturated heterocycles. The minimum absolute atomic E-state index is 0.0150. The Morgan fingerprint density at radius 3 is 2.29 bits per heavy atom. The molecule has 0 atom stereocenters. The van der Waals surface area contributed by atoms with Crippen molar-refractivity contribution in [2.24, 2.45) is 0 Å². The van der Waals surface area contributed by atoms with E-state index >= 15 is 0 Å². The van der Waals surface area contributed by atoms with Crippen molar-refractivity contribution >= 4 is 17.1 Å². The number of ketones is 1. The number of nitrogens with zero attached hydrogens (tertiary/aromatic N) is 1. The molecule has 0 spiro atoms. The van der Waals surface area contributed by atoms with Gasteiger partial charge in [0.25, 0.3) is 0 Å². The van der Waals surface area contributed by atoms with Crippen molar-refractivity contribution < 1.29 is 14.3 Å². The Kier molecular flexibility index (Phi) is 5.74. The molecule has 96 valence electrons. The van der Waals surface area contributed by atoms with Crippen LogP contribution in [0.4, 0.5) is 0 Å². The highest BCUT2D eigenvalue weighted by Gasteiger charge is 2.19. The summed E-state index contributed by atoms with van der Waals surface area (Å²) in [6, 6.07) is 0. The van der Waals surface area contributed by atoms with Gasteiger partial charge in [-0.1, -0.05) is 0 Å². The Hall–Kier alpha value is -0.780. The highest BCUT2D eigenvalue weighted by Crippen LogP contribution is 2.19. The van der Waals surface area contributed by atoms with Gasteiger partial charge in [0.2, 0.25) is 0 Å². The van der Waals surface area contributed by atoms with Crippen molar-refractivity contribution in [3.8, 4) is 0 Å². The van der Waals surface area contributed by atoms with Gasteiger partial charge < -0.3 is 9.47 Å². The molecule has 0 aliphatic heterocycles. The van der Waals surface area contributed by atoms with Gasteiger partial charge in [0, 0.05) is 18.1 Å². The molecule has 0 fully saturated rings. The zero-order chi connectivity index (χ0) is 12.8. The third-order valence-corrected chi connectivity index (χ3v) is 3.11. The summed E-state index contributed by atoms with van der Waals surface area (Å²) in [5.41, 5.74) is 0.553. The zero-order valence-electron chi connectivity index (χ0n) is 10.8. The number of Topliss-reactive ketones (excluding diaryl/α,β-unsaturated/α-hetero) is 1. The molecule has 0 radical (unpaired) electrons. The Morgan fingerprint density at radius 1 is 1.29 bits per heavy atom. The maximum absolute atomic E-state index is 12.0. The van der Waals surface area contributed by atoms with Gasteiger partial charge in [-0.2, -0.15) is 0 Å². The van der Waals surface area contributed by atoms with Crippen LogP contribution in [0, 0.1) is 13.8 Å². The van der Waals surface area contributed by atoms with Gasteiger partial charge in [-0.3, -0.25) is 4.79 Å². The van der Waals surface area contributed by atoms with Crippen LogP contribution < -0.4 is 0 Å². The third kappa shape index (κ3) is 4.18. The first-order valence-corrected chi connectivity index (χ1v) is 6.60. The van der Waals surface area contributed by atoms with Crippen LogP contribution in [0.2, 0.25) is 0 Å². The smallest absolute Gasteiger partial charge is 0.187 e. The molecule has 1 rings (SSSR count). The van der Waals surface area contributed by atoms with Crippen molar-refractivity contribution in [1.82, 2.24) is 4.98 Å². The first-order chi connectivity index (χ1) is 8.08. The van der Waals surface area contributed by atoms with Gasteiger partial charge in [-0.15, -0.1) is 11.3 Å². The largest absolute Gasteiger partial charge is 0.352 e. The lowest BCUT2D eigenvalue weighted by atomic mass is 10.2. The molecule has 0 N–H and O–H groups in total. The molecule has 0 aliphatic carbocycles. The molecule has 1 aromatic heterocycles. The van der Waals surface area contributed by atoms with E-state index in [-0.39, 0.29) is 12.2 Å². The summed E-state index contributed by atoms with van der Waals surface area (Å²) in [4.78, 5) is 17.2. The van der Waals surface area contributed by atoms with Gasteiger partial charge in [0.15, 0.2) is 12.1 Å². The van der Waals surface area contributed by atoms with Crippen molar-refractivity contribution in [2.75, 3.05) is 13.2 Å². The van der Waals surface area contributed by atoms with E-state index in [4.69, 9.17) is 9.47 Å². The summed E-state index contributed by atoms with van der Waals surface area (Å²) in [6.45, 7) is 8.65. The fourth-order valence-corrected chi connectivity index (χ4v) is 2.41. The summed E-state index contributed by atoms with van der Waals surface area (Å²) in [7, 11) is 0. The van der Waals surface area contributed by atoms with E-state index in [1.807, 2.05) is 27.7 Å². The predicted octanol–water partition coefficient (Wildman–Crippen LogP) is 2.73. The summed E-state index contributed by atoms with van der Waals surface area (Å²) in [6.07, 6.45) is -0.231. The first kappa shape index (κ1) is 14.3. The van der Waals surface area contributed by atoms with Crippen LogP contribution in [0.25, 0.3) is 0 Å². The predicted molar refractivity (Wildman–Crippen MR) is 67.6 cm³/mol. The number of hydrogen-bond acceptors (Lipinski definition) is 5. The van der Waals surface area contributed by atoms with Crippen LogP contribution in [0.5, 0.6) is 0 Å². The van der Waals surface area contributed by atoms with Crippen molar-refractivity contribution in [3.63, 3.8) is 0 Å². The minimum Gasteiger partial charge on any atom is -0.352 e. The quantitative estimate of drug-likeness (QED) is 0.556. The van der Waals surface area contributed by atoms with Gasteiger partial charge in [-0.05, 0) is 27.7 Å². The molecule has 0 aromatic carbocycles. The fraction of sp³-hybridized carbons (Fsp3) is 0.667. The lowest BCUT2D eigenvalue weighted by molar-refractivity contribution is -0.133. The number of aryl methyl sites for hydroxylation is 2. The minimum atomic E-state index is -0.459. The maximum Gasteiger partial charge on any atom is 0.187 e. The van der Waals surface area contributed by atoms with E-state index in [1.54, 1.807) is 0 Å². The highest BCUT2D eigenvalue weighted by molar-refractivity contribution is 7.11. The van der Waals surface area contributed by atoms with E-state index in [0.717, 1.165) is 9.88 Å². The topological polar surface area (TPSA) is 48.4 Å². The fourth-order valence-electron chi connectivity index (χ4n) is 1.57. The van der Waals surface area contributed by atoms with E-state index in [2.05, 4.69) is 4.98 Å². The molecular formula is C12H19NO3S. The molecular weight excluding hydrogens is 238 g/mol. The number of thiazole rings is 1. The molecule has 0 unspecified atom stereocenters. The highest BCUT2D eigenvalue weighted by atomic mass is 32.1. The summed E-state index contributed by atoms with van der Waals surface area (Å²) in [5.74, 6) is -0.0150. The Morgan fingerprint density at radius 2 is 1.88 bits per heavy atom. The van der Waals surface area contributed by atoms with Crippen LogP contribution in [0.15, 0.2) is 0 Å². The van der Waals surface area contributed by atoms with Gasteiger partial charge in [0.1, 0.15) is 5.69 Å². The van der Waals surface area contributed by atoms with Crippen LogP contribution in [0.3, 0.4) is 0 Å². The number of carbonyl (C=O) groups excluding carboxylic acids is 1. The average Bonchev–Trinajstić information content (AvgIpc) is 2.58. The van der Waals surface area contributed by atoms with Crippen molar-refractivity contribution in [3.05, 3.63) is 15.6 Å². The molecule has 0 aliphatic rings. The lowest BCUT2D eigenvalue weighted by Gasteiger charge is -2.15.